The van der Waals surface area contributed by atoms with Crippen molar-refractivity contribution >= 4 is 11.3 Å². The second-order valence-corrected chi connectivity index (χ2v) is 5.12. The first kappa shape index (κ1) is 12.3. The fraction of sp³-hybridized carbons (Fsp3) is 0.286. The highest BCUT2D eigenvalue weighted by molar-refractivity contribution is 7.10. The fourth-order valence-electron chi connectivity index (χ4n) is 1.97. The zero-order valence-electron chi connectivity index (χ0n) is 10.2. The third kappa shape index (κ3) is 2.57. The first-order chi connectivity index (χ1) is 8.26. The van der Waals surface area contributed by atoms with E-state index >= 15 is 0 Å². The molecule has 3 N–H and O–H groups in total. The van der Waals surface area contributed by atoms with E-state index in [1.165, 1.54) is 21.6 Å². The summed E-state index contributed by atoms with van der Waals surface area (Å²) < 4.78 is 0. The van der Waals surface area contributed by atoms with Gasteiger partial charge in [0.15, 0.2) is 0 Å². The summed E-state index contributed by atoms with van der Waals surface area (Å²) in [6.45, 7) is 4.27. The van der Waals surface area contributed by atoms with Gasteiger partial charge in [0.05, 0.1) is 6.04 Å². The van der Waals surface area contributed by atoms with Crippen molar-refractivity contribution < 1.29 is 0 Å². The standard InChI is InChI=1S/C14H18N2S/c1-3-11-8-9-17-14(11)13(16-15)12-6-4-10(2)5-7-12/h4-9,13,16H,3,15H2,1-2H3. The van der Waals surface area contributed by atoms with Crippen LogP contribution in [-0.2, 0) is 6.42 Å². The molecule has 0 amide bonds. The Bertz CT molecular complexity index is 473. The van der Waals surface area contributed by atoms with Gasteiger partial charge in [-0.05, 0) is 35.9 Å². The van der Waals surface area contributed by atoms with E-state index in [1.807, 2.05) is 0 Å². The molecule has 3 heteroatoms. The number of hydrogen-bond donors (Lipinski definition) is 2. The monoisotopic (exact) mass is 246 g/mol. The van der Waals surface area contributed by atoms with E-state index in [1.54, 1.807) is 11.3 Å². The smallest absolute Gasteiger partial charge is 0.0805 e. The average molecular weight is 246 g/mol. The summed E-state index contributed by atoms with van der Waals surface area (Å²) in [4.78, 5) is 1.32. The summed E-state index contributed by atoms with van der Waals surface area (Å²) >= 11 is 1.76. The van der Waals surface area contributed by atoms with Crippen molar-refractivity contribution in [2.24, 2.45) is 5.84 Å². The molecular formula is C14H18N2S. The molecule has 17 heavy (non-hydrogen) atoms. The summed E-state index contributed by atoms with van der Waals surface area (Å²) in [5, 5.41) is 2.13. The van der Waals surface area contributed by atoms with E-state index in [0.29, 0.717) is 0 Å². The first-order valence-electron chi connectivity index (χ1n) is 5.85. The van der Waals surface area contributed by atoms with Crippen LogP contribution in [0.2, 0.25) is 0 Å². The first-order valence-corrected chi connectivity index (χ1v) is 6.73. The molecule has 0 bridgehead atoms. The molecule has 1 atom stereocenters. The lowest BCUT2D eigenvalue weighted by Gasteiger charge is -2.17. The molecule has 1 unspecified atom stereocenters. The van der Waals surface area contributed by atoms with Crippen LogP contribution in [0.1, 0.15) is 34.5 Å². The van der Waals surface area contributed by atoms with Crippen LogP contribution < -0.4 is 11.3 Å². The Balaban J connectivity index is 2.36. The van der Waals surface area contributed by atoms with Crippen LogP contribution in [0.3, 0.4) is 0 Å². The van der Waals surface area contributed by atoms with Gasteiger partial charge in [0.1, 0.15) is 0 Å². The van der Waals surface area contributed by atoms with E-state index in [4.69, 9.17) is 5.84 Å². The molecule has 90 valence electrons. The molecule has 2 rings (SSSR count). The fourth-order valence-corrected chi connectivity index (χ4v) is 3.06. The molecule has 0 aliphatic heterocycles. The molecule has 0 saturated carbocycles. The van der Waals surface area contributed by atoms with E-state index in [0.717, 1.165) is 6.42 Å². The maximum absolute atomic E-state index is 5.71. The molecule has 0 radical (unpaired) electrons. The highest BCUT2D eigenvalue weighted by Gasteiger charge is 2.16. The van der Waals surface area contributed by atoms with Gasteiger partial charge in [0.25, 0.3) is 0 Å². The van der Waals surface area contributed by atoms with Gasteiger partial charge in [-0.2, -0.15) is 0 Å². The maximum atomic E-state index is 5.71. The van der Waals surface area contributed by atoms with Gasteiger partial charge in [-0.3, -0.25) is 5.84 Å². The van der Waals surface area contributed by atoms with Crippen molar-refractivity contribution in [3.8, 4) is 0 Å². The van der Waals surface area contributed by atoms with Crippen LogP contribution in [0, 0.1) is 6.92 Å². The lowest BCUT2D eigenvalue weighted by atomic mass is 10.0. The van der Waals surface area contributed by atoms with Crippen LogP contribution in [0.4, 0.5) is 0 Å². The Hall–Kier alpha value is -1.16. The van der Waals surface area contributed by atoms with E-state index in [9.17, 15) is 0 Å². The maximum Gasteiger partial charge on any atom is 0.0805 e. The van der Waals surface area contributed by atoms with Crippen molar-refractivity contribution in [2.75, 3.05) is 0 Å². The van der Waals surface area contributed by atoms with Gasteiger partial charge in [-0.15, -0.1) is 11.3 Å². The number of rotatable bonds is 4. The normalized spacial score (nSPS) is 12.6. The molecule has 0 aliphatic rings. The molecule has 1 aromatic heterocycles. The molecule has 0 saturated heterocycles. The van der Waals surface area contributed by atoms with Crippen molar-refractivity contribution in [3.63, 3.8) is 0 Å². The van der Waals surface area contributed by atoms with Crippen molar-refractivity contribution in [2.45, 2.75) is 26.3 Å². The van der Waals surface area contributed by atoms with E-state index in [2.05, 4.69) is 55.0 Å². The number of thiophene rings is 1. The molecule has 1 heterocycles. The number of aryl methyl sites for hydroxylation is 2. The van der Waals surface area contributed by atoms with Crippen LogP contribution in [0.15, 0.2) is 35.7 Å². The molecule has 2 aromatic rings. The molecule has 2 nitrogen and oxygen atoms in total. The van der Waals surface area contributed by atoms with Crippen molar-refractivity contribution in [1.82, 2.24) is 5.43 Å². The Morgan fingerprint density at radius 2 is 1.94 bits per heavy atom. The zero-order valence-corrected chi connectivity index (χ0v) is 11.1. The Kier molecular flexibility index (Phi) is 3.94. The minimum atomic E-state index is 0.102. The van der Waals surface area contributed by atoms with Gasteiger partial charge in [-0.1, -0.05) is 36.8 Å². The van der Waals surface area contributed by atoms with Gasteiger partial charge in [-0.25, -0.2) is 5.43 Å². The van der Waals surface area contributed by atoms with Crippen LogP contribution in [0.5, 0.6) is 0 Å². The molecular weight excluding hydrogens is 228 g/mol. The van der Waals surface area contributed by atoms with Crippen LogP contribution in [0.25, 0.3) is 0 Å². The lowest BCUT2D eigenvalue weighted by molar-refractivity contribution is 0.642. The molecule has 0 fully saturated rings. The number of benzene rings is 1. The number of nitrogens with two attached hydrogens (primary N) is 1. The van der Waals surface area contributed by atoms with Gasteiger partial charge in [0, 0.05) is 4.88 Å². The summed E-state index contributed by atoms with van der Waals surface area (Å²) in [5.74, 6) is 5.71. The predicted octanol–water partition coefficient (Wildman–Crippen LogP) is 3.17. The Morgan fingerprint density at radius 1 is 1.24 bits per heavy atom. The third-order valence-electron chi connectivity index (χ3n) is 3.00. The molecule has 0 aliphatic carbocycles. The number of hydrazine groups is 1. The quantitative estimate of drug-likeness (QED) is 0.642. The largest absolute Gasteiger partial charge is 0.271 e. The van der Waals surface area contributed by atoms with Crippen molar-refractivity contribution in [3.05, 3.63) is 57.3 Å². The van der Waals surface area contributed by atoms with Gasteiger partial charge >= 0.3 is 0 Å². The zero-order chi connectivity index (χ0) is 12.3. The number of nitrogens with one attached hydrogen (secondary N) is 1. The third-order valence-corrected chi connectivity index (χ3v) is 4.03. The number of hydrogen-bond acceptors (Lipinski definition) is 3. The average Bonchev–Trinajstić information content (AvgIpc) is 2.81. The van der Waals surface area contributed by atoms with Crippen LogP contribution in [-0.4, -0.2) is 0 Å². The highest BCUT2D eigenvalue weighted by Crippen LogP contribution is 2.29. The summed E-state index contributed by atoms with van der Waals surface area (Å²) in [6, 6.07) is 10.8. The minimum absolute atomic E-state index is 0.102. The van der Waals surface area contributed by atoms with E-state index in [-0.39, 0.29) is 6.04 Å². The Labute approximate surface area is 106 Å². The minimum Gasteiger partial charge on any atom is -0.271 e. The summed E-state index contributed by atoms with van der Waals surface area (Å²) in [7, 11) is 0. The molecule has 0 spiro atoms. The topological polar surface area (TPSA) is 38.0 Å². The van der Waals surface area contributed by atoms with E-state index < -0.39 is 0 Å². The highest BCUT2D eigenvalue weighted by atomic mass is 32.1. The Morgan fingerprint density at radius 3 is 2.53 bits per heavy atom. The molecule has 1 aromatic carbocycles. The summed E-state index contributed by atoms with van der Waals surface area (Å²) in [6.07, 6.45) is 1.04. The van der Waals surface area contributed by atoms with Gasteiger partial charge in [0.2, 0.25) is 0 Å². The van der Waals surface area contributed by atoms with Crippen molar-refractivity contribution in [1.29, 1.82) is 0 Å². The second kappa shape index (κ2) is 5.45. The van der Waals surface area contributed by atoms with Gasteiger partial charge < -0.3 is 0 Å². The lowest BCUT2D eigenvalue weighted by Crippen LogP contribution is -2.28. The SMILES string of the molecule is CCc1ccsc1C(NN)c1ccc(C)cc1. The van der Waals surface area contributed by atoms with Crippen LogP contribution >= 0.6 is 11.3 Å². The predicted molar refractivity (Wildman–Crippen MR) is 74.0 cm³/mol. The summed E-state index contributed by atoms with van der Waals surface area (Å²) in [5.41, 5.74) is 6.79. The second-order valence-electron chi connectivity index (χ2n) is 4.17.